The molecule has 0 aliphatic rings. The lowest BCUT2D eigenvalue weighted by atomic mass is 10.1. The molecule has 0 aromatic heterocycles. The molecule has 0 saturated heterocycles. The minimum atomic E-state index is -4.37. The van der Waals surface area contributed by atoms with Gasteiger partial charge in [0.05, 0.1) is 12.2 Å². The van der Waals surface area contributed by atoms with Gasteiger partial charge in [0, 0.05) is 12.3 Å². The van der Waals surface area contributed by atoms with E-state index < -0.39 is 11.7 Å². The van der Waals surface area contributed by atoms with Crippen molar-refractivity contribution in [3.05, 3.63) is 29.3 Å². The van der Waals surface area contributed by atoms with Crippen LogP contribution >= 0.6 is 0 Å². The third kappa shape index (κ3) is 3.73. The van der Waals surface area contributed by atoms with Gasteiger partial charge in [-0.25, -0.2) is 0 Å². The first-order chi connectivity index (χ1) is 7.43. The quantitative estimate of drug-likeness (QED) is 0.640. The van der Waals surface area contributed by atoms with E-state index >= 15 is 0 Å². The van der Waals surface area contributed by atoms with Gasteiger partial charge in [-0.05, 0) is 30.2 Å². The van der Waals surface area contributed by atoms with Crippen LogP contribution in [0.4, 0.5) is 18.9 Å². The van der Waals surface area contributed by atoms with E-state index in [-0.39, 0.29) is 12.3 Å². The summed E-state index contributed by atoms with van der Waals surface area (Å²) in [5, 5.41) is 0. The van der Waals surface area contributed by atoms with Crippen molar-refractivity contribution in [1.82, 2.24) is 0 Å². The standard InChI is InChI=1S/C11H14F3NO/c1-2-3-16-7-8-4-9(11(12,13)14)6-10(15)5-8/h4-6H,2-3,7,15H2,1H3. The molecule has 90 valence electrons. The van der Waals surface area contributed by atoms with Crippen LogP contribution < -0.4 is 5.73 Å². The average molecular weight is 233 g/mol. The lowest BCUT2D eigenvalue weighted by Gasteiger charge is -2.10. The van der Waals surface area contributed by atoms with Crippen molar-refractivity contribution in [1.29, 1.82) is 0 Å². The number of nitrogen functional groups attached to an aromatic ring is 1. The van der Waals surface area contributed by atoms with Crippen LogP contribution in [0.25, 0.3) is 0 Å². The minimum absolute atomic E-state index is 0.102. The molecule has 0 unspecified atom stereocenters. The Balaban J connectivity index is 2.82. The molecule has 1 aromatic carbocycles. The molecule has 0 fully saturated rings. The van der Waals surface area contributed by atoms with E-state index in [0.717, 1.165) is 18.6 Å². The molecule has 0 aliphatic carbocycles. The van der Waals surface area contributed by atoms with Gasteiger partial charge >= 0.3 is 6.18 Å². The van der Waals surface area contributed by atoms with Gasteiger partial charge in [0.1, 0.15) is 0 Å². The number of ether oxygens (including phenoxy) is 1. The van der Waals surface area contributed by atoms with Gasteiger partial charge in [-0.3, -0.25) is 0 Å². The molecule has 0 amide bonds. The van der Waals surface area contributed by atoms with E-state index in [2.05, 4.69) is 0 Å². The highest BCUT2D eigenvalue weighted by atomic mass is 19.4. The predicted molar refractivity (Wildman–Crippen MR) is 55.8 cm³/mol. The fourth-order valence-corrected chi connectivity index (χ4v) is 1.30. The number of rotatable bonds is 4. The molecule has 1 rings (SSSR count). The van der Waals surface area contributed by atoms with Crippen LogP contribution in [0.5, 0.6) is 0 Å². The molecule has 0 aliphatic heterocycles. The summed E-state index contributed by atoms with van der Waals surface area (Å²) in [4.78, 5) is 0. The number of benzene rings is 1. The van der Waals surface area contributed by atoms with E-state index in [0.29, 0.717) is 12.2 Å². The molecular weight excluding hydrogens is 219 g/mol. The third-order valence-electron chi connectivity index (χ3n) is 1.96. The number of alkyl halides is 3. The van der Waals surface area contributed by atoms with Crippen molar-refractivity contribution in [3.63, 3.8) is 0 Å². The smallest absolute Gasteiger partial charge is 0.399 e. The van der Waals surface area contributed by atoms with Gasteiger partial charge in [0.15, 0.2) is 0 Å². The second-order valence-electron chi connectivity index (χ2n) is 3.51. The number of hydrogen-bond acceptors (Lipinski definition) is 2. The Bertz CT molecular complexity index is 350. The molecule has 5 heteroatoms. The van der Waals surface area contributed by atoms with E-state index in [9.17, 15) is 13.2 Å². The number of halogens is 3. The van der Waals surface area contributed by atoms with Crippen LogP contribution in [-0.2, 0) is 17.5 Å². The number of nitrogens with two attached hydrogens (primary N) is 1. The second-order valence-corrected chi connectivity index (χ2v) is 3.51. The molecule has 16 heavy (non-hydrogen) atoms. The lowest BCUT2D eigenvalue weighted by Crippen LogP contribution is -2.07. The summed E-state index contributed by atoms with van der Waals surface area (Å²) in [7, 11) is 0. The number of anilines is 1. The Morgan fingerprint density at radius 2 is 1.94 bits per heavy atom. The molecular formula is C11H14F3NO. The van der Waals surface area contributed by atoms with Crippen molar-refractivity contribution < 1.29 is 17.9 Å². The van der Waals surface area contributed by atoms with Crippen LogP contribution in [-0.4, -0.2) is 6.61 Å². The fourth-order valence-electron chi connectivity index (χ4n) is 1.30. The molecule has 1 aromatic rings. The Labute approximate surface area is 92.2 Å². The Morgan fingerprint density at radius 1 is 1.25 bits per heavy atom. The van der Waals surface area contributed by atoms with Gasteiger partial charge in [0.2, 0.25) is 0 Å². The molecule has 0 spiro atoms. The SMILES string of the molecule is CCCOCc1cc(N)cc(C(F)(F)F)c1. The van der Waals surface area contributed by atoms with Gasteiger partial charge < -0.3 is 10.5 Å². The normalized spacial score (nSPS) is 11.8. The molecule has 0 atom stereocenters. The average Bonchev–Trinajstić information content (AvgIpc) is 2.16. The summed E-state index contributed by atoms with van der Waals surface area (Å²) in [6.07, 6.45) is -3.54. The highest BCUT2D eigenvalue weighted by molar-refractivity contribution is 5.45. The van der Waals surface area contributed by atoms with Crippen molar-refractivity contribution in [2.45, 2.75) is 26.1 Å². The third-order valence-corrected chi connectivity index (χ3v) is 1.96. The van der Waals surface area contributed by atoms with Gasteiger partial charge in [0.25, 0.3) is 0 Å². The zero-order valence-electron chi connectivity index (χ0n) is 8.97. The first kappa shape index (κ1) is 12.8. The zero-order valence-corrected chi connectivity index (χ0v) is 8.97. The minimum Gasteiger partial charge on any atom is -0.399 e. The molecule has 0 bridgehead atoms. The van der Waals surface area contributed by atoms with Crippen LogP contribution in [0.1, 0.15) is 24.5 Å². The van der Waals surface area contributed by atoms with Gasteiger partial charge in [-0.15, -0.1) is 0 Å². The summed E-state index contributed by atoms with van der Waals surface area (Å²) in [6, 6.07) is 3.47. The highest BCUT2D eigenvalue weighted by Crippen LogP contribution is 2.31. The Kier molecular flexibility index (Phi) is 4.18. The van der Waals surface area contributed by atoms with E-state index in [1.807, 2.05) is 6.92 Å². The number of hydrogen-bond donors (Lipinski definition) is 1. The summed E-state index contributed by atoms with van der Waals surface area (Å²) in [6.45, 7) is 2.61. The lowest BCUT2D eigenvalue weighted by molar-refractivity contribution is -0.137. The van der Waals surface area contributed by atoms with Crippen molar-refractivity contribution in [3.8, 4) is 0 Å². The Morgan fingerprint density at radius 3 is 2.50 bits per heavy atom. The summed E-state index contributed by atoms with van der Waals surface area (Å²) in [5.41, 5.74) is 5.22. The van der Waals surface area contributed by atoms with Crippen LogP contribution in [0.2, 0.25) is 0 Å². The molecule has 0 saturated carbocycles. The molecule has 2 N–H and O–H groups in total. The van der Waals surface area contributed by atoms with Crippen molar-refractivity contribution in [2.75, 3.05) is 12.3 Å². The maximum Gasteiger partial charge on any atom is 0.416 e. The van der Waals surface area contributed by atoms with Gasteiger partial charge in [-0.2, -0.15) is 13.2 Å². The van der Waals surface area contributed by atoms with Gasteiger partial charge in [-0.1, -0.05) is 6.92 Å². The van der Waals surface area contributed by atoms with E-state index in [4.69, 9.17) is 10.5 Å². The fraction of sp³-hybridized carbons (Fsp3) is 0.455. The Hall–Kier alpha value is -1.23. The topological polar surface area (TPSA) is 35.2 Å². The maximum absolute atomic E-state index is 12.4. The van der Waals surface area contributed by atoms with E-state index in [1.165, 1.54) is 6.07 Å². The summed E-state index contributed by atoms with van der Waals surface area (Å²) in [5.74, 6) is 0. The van der Waals surface area contributed by atoms with Crippen LogP contribution in [0.15, 0.2) is 18.2 Å². The second kappa shape index (κ2) is 5.21. The van der Waals surface area contributed by atoms with Crippen molar-refractivity contribution >= 4 is 5.69 Å². The predicted octanol–water partition coefficient (Wildman–Crippen LogP) is 3.21. The van der Waals surface area contributed by atoms with Crippen LogP contribution in [0, 0.1) is 0 Å². The summed E-state index contributed by atoms with van der Waals surface area (Å²) >= 11 is 0. The largest absolute Gasteiger partial charge is 0.416 e. The monoisotopic (exact) mass is 233 g/mol. The summed E-state index contributed by atoms with van der Waals surface area (Å²) < 4.78 is 42.5. The first-order valence-electron chi connectivity index (χ1n) is 4.98. The maximum atomic E-state index is 12.4. The van der Waals surface area contributed by atoms with Crippen molar-refractivity contribution in [2.24, 2.45) is 0 Å². The van der Waals surface area contributed by atoms with E-state index in [1.54, 1.807) is 0 Å². The molecule has 2 nitrogen and oxygen atoms in total. The molecule has 0 radical (unpaired) electrons. The highest BCUT2D eigenvalue weighted by Gasteiger charge is 2.30. The first-order valence-corrected chi connectivity index (χ1v) is 4.98. The zero-order chi connectivity index (χ0) is 12.2. The van der Waals surface area contributed by atoms with Crippen LogP contribution in [0.3, 0.4) is 0 Å². The molecule has 0 heterocycles.